The van der Waals surface area contributed by atoms with Gasteiger partial charge in [0, 0.05) is 6.54 Å². The first-order valence-corrected chi connectivity index (χ1v) is 6.95. The Hall–Kier alpha value is -2.30. The summed E-state index contributed by atoms with van der Waals surface area (Å²) in [6.45, 7) is 8.47. The topological polar surface area (TPSA) is 64.4 Å². The summed E-state index contributed by atoms with van der Waals surface area (Å²) in [6, 6.07) is 6.00. The highest BCUT2D eigenvalue weighted by Crippen LogP contribution is 2.20. The fraction of sp³-hybridized carbons (Fsp3) is 0.375. The molecule has 2 rings (SSSR count). The molecular formula is C16H20N2O3. The van der Waals surface area contributed by atoms with Crippen LogP contribution in [0.1, 0.15) is 39.9 Å². The highest BCUT2D eigenvalue weighted by atomic mass is 16.5. The predicted molar refractivity (Wildman–Crippen MR) is 79.5 cm³/mol. The van der Waals surface area contributed by atoms with Crippen molar-refractivity contribution in [2.75, 3.05) is 6.54 Å². The van der Waals surface area contributed by atoms with Crippen LogP contribution in [0.25, 0.3) is 0 Å². The highest BCUT2D eigenvalue weighted by molar-refractivity contribution is 5.93. The number of carbonyl (C=O) groups excluding carboxylic acids is 1. The van der Waals surface area contributed by atoms with E-state index in [1.165, 1.54) is 0 Å². The van der Waals surface area contributed by atoms with Crippen LogP contribution in [0.2, 0.25) is 0 Å². The summed E-state index contributed by atoms with van der Waals surface area (Å²) in [5.74, 6) is 1.13. The molecule has 1 heterocycles. The fourth-order valence-electron chi connectivity index (χ4n) is 2.16. The molecule has 0 saturated heterocycles. The number of nitrogens with zero attached hydrogens (tertiary/aromatic N) is 1. The van der Waals surface area contributed by atoms with Crippen LogP contribution in [0.4, 0.5) is 0 Å². The molecule has 0 aliphatic carbocycles. The van der Waals surface area contributed by atoms with Crippen LogP contribution in [0.5, 0.6) is 5.75 Å². The standard InChI is InChI=1S/C16H20N2O3/c1-5-17-16(19)15-14(12(4)21-18-15)9-20-13-7-10(2)6-11(3)8-13/h6-8H,5,9H2,1-4H3,(H,17,19). The third-order valence-corrected chi connectivity index (χ3v) is 3.12. The molecule has 0 unspecified atom stereocenters. The van der Waals surface area contributed by atoms with Crippen LogP contribution >= 0.6 is 0 Å². The first kappa shape index (κ1) is 15.1. The molecule has 1 amide bonds. The van der Waals surface area contributed by atoms with Gasteiger partial charge in [0.1, 0.15) is 18.1 Å². The zero-order valence-electron chi connectivity index (χ0n) is 12.8. The number of aromatic nitrogens is 1. The van der Waals surface area contributed by atoms with Crippen molar-refractivity contribution in [3.63, 3.8) is 0 Å². The number of amides is 1. The molecule has 5 heteroatoms. The number of nitrogens with one attached hydrogen (secondary N) is 1. The van der Waals surface area contributed by atoms with Crippen molar-refractivity contribution < 1.29 is 14.1 Å². The third-order valence-electron chi connectivity index (χ3n) is 3.12. The summed E-state index contributed by atoms with van der Waals surface area (Å²) in [5, 5.41) is 6.53. The quantitative estimate of drug-likeness (QED) is 0.918. The minimum absolute atomic E-state index is 0.242. The molecule has 0 aliphatic rings. The summed E-state index contributed by atoms with van der Waals surface area (Å²) >= 11 is 0. The minimum Gasteiger partial charge on any atom is -0.489 e. The molecule has 0 bridgehead atoms. The highest BCUT2D eigenvalue weighted by Gasteiger charge is 2.19. The Balaban J connectivity index is 2.16. The Morgan fingerprint density at radius 1 is 1.24 bits per heavy atom. The first-order chi connectivity index (χ1) is 10.0. The van der Waals surface area contributed by atoms with Gasteiger partial charge in [0.2, 0.25) is 0 Å². The maximum Gasteiger partial charge on any atom is 0.273 e. The normalized spacial score (nSPS) is 10.5. The maximum absolute atomic E-state index is 11.9. The number of aryl methyl sites for hydroxylation is 3. The van der Waals surface area contributed by atoms with Crippen molar-refractivity contribution in [2.45, 2.75) is 34.3 Å². The van der Waals surface area contributed by atoms with Gasteiger partial charge in [-0.15, -0.1) is 0 Å². The lowest BCUT2D eigenvalue weighted by molar-refractivity contribution is 0.0944. The van der Waals surface area contributed by atoms with Gasteiger partial charge in [-0.05, 0) is 51.0 Å². The molecule has 0 saturated carbocycles. The Labute approximate surface area is 124 Å². The van der Waals surface area contributed by atoms with Crippen LogP contribution in [0, 0.1) is 20.8 Å². The molecule has 21 heavy (non-hydrogen) atoms. The van der Waals surface area contributed by atoms with Crippen molar-refractivity contribution in [2.24, 2.45) is 0 Å². The molecule has 0 aliphatic heterocycles. The predicted octanol–water partition coefficient (Wildman–Crippen LogP) is 2.93. The van der Waals surface area contributed by atoms with Crippen LogP contribution in [0.15, 0.2) is 22.7 Å². The zero-order chi connectivity index (χ0) is 15.4. The smallest absolute Gasteiger partial charge is 0.273 e. The molecule has 1 aromatic carbocycles. The molecule has 0 radical (unpaired) electrons. The van der Waals surface area contributed by atoms with Gasteiger partial charge in [-0.25, -0.2) is 0 Å². The van der Waals surface area contributed by atoms with E-state index in [-0.39, 0.29) is 12.5 Å². The fourth-order valence-corrected chi connectivity index (χ4v) is 2.16. The molecular weight excluding hydrogens is 268 g/mol. The second-order valence-corrected chi connectivity index (χ2v) is 5.04. The van der Waals surface area contributed by atoms with E-state index in [2.05, 4.69) is 16.5 Å². The third kappa shape index (κ3) is 3.62. The number of hydrogen-bond donors (Lipinski definition) is 1. The van der Waals surface area contributed by atoms with E-state index in [9.17, 15) is 4.79 Å². The first-order valence-electron chi connectivity index (χ1n) is 6.95. The largest absolute Gasteiger partial charge is 0.489 e. The van der Waals surface area contributed by atoms with Gasteiger partial charge in [-0.1, -0.05) is 11.2 Å². The molecule has 0 atom stereocenters. The molecule has 112 valence electrons. The lowest BCUT2D eigenvalue weighted by Gasteiger charge is -2.08. The van der Waals surface area contributed by atoms with Crippen LogP contribution < -0.4 is 10.1 Å². The van der Waals surface area contributed by atoms with Gasteiger partial charge in [0.15, 0.2) is 5.69 Å². The summed E-state index contributed by atoms with van der Waals surface area (Å²) in [7, 11) is 0. The van der Waals surface area contributed by atoms with Gasteiger partial charge >= 0.3 is 0 Å². The van der Waals surface area contributed by atoms with Gasteiger partial charge in [0.05, 0.1) is 5.56 Å². The van der Waals surface area contributed by atoms with Crippen molar-refractivity contribution in [1.82, 2.24) is 10.5 Å². The number of ether oxygens (including phenoxy) is 1. The van der Waals surface area contributed by atoms with E-state index in [0.29, 0.717) is 23.6 Å². The van der Waals surface area contributed by atoms with E-state index >= 15 is 0 Å². The number of benzene rings is 1. The SMILES string of the molecule is CCNC(=O)c1noc(C)c1COc1cc(C)cc(C)c1. The Bertz CT molecular complexity index is 627. The van der Waals surface area contributed by atoms with Crippen molar-refractivity contribution in [3.8, 4) is 5.75 Å². The lowest BCUT2D eigenvalue weighted by Crippen LogP contribution is -2.24. The van der Waals surface area contributed by atoms with Crippen LogP contribution in [-0.2, 0) is 6.61 Å². The van der Waals surface area contributed by atoms with Crippen molar-refractivity contribution in [3.05, 3.63) is 46.3 Å². The molecule has 1 aromatic heterocycles. The zero-order valence-corrected chi connectivity index (χ0v) is 12.8. The molecule has 5 nitrogen and oxygen atoms in total. The number of hydrogen-bond acceptors (Lipinski definition) is 4. The molecule has 1 N–H and O–H groups in total. The van der Waals surface area contributed by atoms with Crippen molar-refractivity contribution >= 4 is 5.91 Å². The molecule has 0 fully saturated rings. The van der Waals surface area contributed by atoms with E-state index in [4.69, 9.17) is 9.26 Å². The summed E-state index contributed by atoms with van der Waals surface area (Å²) in [6.07, 6.45) is 0. The number of carbonyl (C=O) groups is 1. The summed E-state index contributed by atoms with van der Waals surface area (Å²) < 4.78 is 10.9. The Kier molecular flexibility index (Phi) is 4.62. The Morgan fingerprint density at radius 3 is 2.52 bits per heavy atom. The van der Waals surface area contributed by atoms with E-state index < -0.39 is 0 Å². The monoisotopic (exact) mass is 288 g/mol. The van der Waals surface area contributed by atoms with Gasteiger partial charge in [-0.3, -0.25) is 4.79 Å². The molecule has 0 spiro atoms. The van der Waals surface area contributed by atoms with E-state index in [1.807, 2.05) is 32.9 Å². The second-order valence-electron chi connectivity index (χ2n) is 5.04. The van der Waals surface area contributed by atoms with Crippen LogP contribution in [-0.4, -0.2) is 17.6 Å². The van der Waals surface area contributed by atoms with Crippen LogP contribution in [0.3, 0.4) is 0 Å². The summed E-state index contributed by atoms with van der Waals surface area (Å²) in [5.41, 5.74) is 3.24. The van der Waals surface area contributed by atoms with Gasteiger partial charge in [0.25, 0.3) is 5.91 Å². The maximum atomic E-state index is 11.9. The average molecular weight is 288 g/mol. The molecule has 2 aromatic rings. The second kappa shape index (κ2) is 6.43. The van der Waals surface area contributed by atoms with Gasteiger partial charge < -0.3 is 14.6 Å². The summed E-state index contributed by atoms with van der Waals surface area (Å²) in [4.78, 5) is 11.9. The number of rotatable bonds is 5. The minimum atomic E-state index is -0.242. The van der Waals surface area contributed by atoms with Gasteiger partial charge in [-0.2, -0.15) is 0 Å². The van der Waals surface area contributed by atoms with E-state index in [1.54, 1.807) is 6.92 Å². The Morgan fingerprint density at radius 2 is 1.90 bits per heavy atom. The van der Waals surface area contributed by atoms with E-state index in [0.717, 1.165) is 16.9 Å². The lowest BCUT2D eigenvalue weighted by atomic mass is 10.1. The van der Waals surface area contributed by atoms with Crippen molar-refractivity contribution in [1.29, 1.82) is 0 Å². The average Bonchev–Trinajstić information content (AvgIpc) is 2.77.